The third-order valence-corrected chi connectivity index (χ3v) is 2.13. The predicted octanol–water partition coefficient (Wildman–Crippen LogP) is 0.703. The molecule has 3 N–H and O–H groups in total. The minimum absolute atomic E-state index is 0.0767. The lowest BCUT2D eigenvalue weighted by molar-refractivity contribution is 0.331. The lowest BCUT2D eigenvalue weighted by Crippen LogP contribution is -2.01. The van der Waals surface area contributed by atoms with E-state index in [4.69, 9.17) is 5.11 Å². The molecule has 0 saturated heterocycles. The van der Waals surface area contributed by atoms with Crippen molar-refractivity contribution in [3.05, 3.63) is 24.2 Å². The molecule has 0 aliphatic rings. The van der Waals surface area contributed by atoms with Crippen molar-refractivity contribution in [2.24, 2.45) is 0 Å². The number of rotatable bonds is 4. The Bertz CT molecular complexity index is 472. The molecule has 2 aromatic heterocycles. The standard InChI is InChI=1S/C10H13N5O/c1-7(5-16)2-3-12-10-14-8-4-11-6-13-9(8)15-10/h2,4,6,16H,3,5H2,1H3,(H2,11,12,13,14,15). The van der Waals surface area contributed by atoms with Gasteiger partial charge in [-0.15, -0.1) is 0 Å². The Labute approximate surface area is 92.5 Å². The summed E-state index contributed by atoms with van der Waals surface area (Å²) in [6.45, 7) is 2.55. The number of aliphatic hydroxyl groups is 1. The number of hydrogen-bond donors (Lipinski definition) is 3. The molecule has 2 heterocycles. The molecule has 0 fully saturated rings. The number of imidazole rings is 1. The molecule has 0 atom stereocenters. The van der Waals surface area contributed by atoms with Gasteiger partial charge in [0.05, 0.1) is 12.8 Å². The van der Waals surface area contributed by atoms with E-state index in [2.05, 4.69) is 25.3 Å². The van der Waals surface area contributed by atoms with Crippen LogP contribution in [0.2, 0.25) is 0 Å². The lowest BCUT2D eigenvalue weighted by Gasteiger charge is -1.98. The van der Waals surface area contributed by atoms with Crippen LogP contribution in [0.5, 0.6) is 0 Å². The number of aromatic amines is 1. The number of aliphatic hydroxyl groups excluding tert-OH is 1. The first kappa shape index (κ1) is 10.6. The topological polar surface area (TPSA) is 86.7 Å². The molecule has 84 valence electrons. The summed E-state index contributed by atoms with van der Waals surface area (Å²) in [6.07, 6.45) is 5.04. The van der Waals surface area contributed by atoms with Gasteiger partial charge in [-0.1, -0.05) is 11.6 Å². The highest BCUT2D eigenvalue weighted by atomic mass is 16.3. The number of nitrogens with one attached hydrogen (secondary N) is 2. The van der Waals surface area contributed by atoms with E-state index < -0.39 is 0 Å². The summed E-state index contributed by atoms with van der Waals surface area (Å²) in [4.78, 5) is 15.2. The van der Waals surface area contributed by atoms with E-state index >= 15 is 0 Å². The van der Waals surface area contributed by atoms with E-state index in [9.17, 15) is 0 Å². The van der Waals surface area contributed by atoms with Crippen LogP contribution in [0, 0.1) is 0 Å². The van der Waals surface area contributed by atoms with Crippen molar-refractivity contribution < 1.29 is 5.11 Å². The highest BCUT2D eigenvalue weighted by Gasteiger charge is 2.01. The summed E-state index contributed by atoms with van der Waals surface area (Å²) in [5, 5.41) is 11.9. The molecule has 0 saturated carbocycles. The number of hydrogen-bond acceptors (Lipinski definition) is 5. The summed E-state index contributed by atoms with van der Waals surface area (Å²) in [7, 11) is 0. The fourth-order valence-electron chi connectivity index (χ4n) is 1.23. The fraction of sp³-hybridized carbons (Fsp3) is 0.300. The third-order valence-electron chi connectivity index (χ3n) is 2.13. The van der Waals surface area contributed by atoms with Crippen LogP contribution in [0.15, 0.2) is 24.2 Å². The number of fused-ring (bicyclic) bond motifs is 1. The van der Waals surface area contributed by atoms with E-state index in [1.54, 1.807) is 6.20 Å². The van der Waals surface area contributed by atoms with Gasteiger partial charge in [-0.2, -0.15) is 4.98 Å². The molecule has 0 aliphatic heterocycles. The van der Waals surface area contributed by atoms with Crippen molar-refractivity contribution in [2.45, 2.75) is 6.92 Å². The number of aromatic nitrogens is 4. The first-order valence-electron chi connectivity index (χ1n) is 4.95. The largest absolute Gasteiger partial charge is 0.392 e. The Balaban J connectivity index is 2.05. The van der Waals surface area contributed by atoms with Crippen LogP contribution in [-0.2, 0) is 0 Å². The van der Waals surface area contributed by atoms with Crippen LogP contribution in [0.25, 0.3) is 11.2 Å². The van der Waals surface area contributed by atoms with Crippen molar-refractivity contribution in [1.29, 1.82) is 0 Å². The second kappa shape index (κ2) is 4.71. The first-order chi connectivity index (χ1) is 7.79. The van der Waals surface area contributed by atoms with E-state index in [-0.39, 0.29) is 6.61 Å². The average Bonchev–Trinajstić information content (AvgIpc) is 2.71. The van der Waals surface area contributed by atoms with Gasteiger partial charge in [0.15, 0.2) is 5.65 Å². The van der Waals surface area contributed by atoms with E-state index in [0.717, 1.165) is 11.1 Å². The molecule has 0 amide bonds. The maximum atomic E-state index is 8.81. The molecular formula is C10H13N5O. The lowest BCUT2D eigenvalue weighted by atomic mass is 10.3. The van der Waals surface area contributed by atoms with Crippen molar-refractivity contribution in [3.8, 4) is 0 Å². The summed E-state index contributed by atoms with van der Waals surface area (Å²) < 4.78 is 0. The van der Waals surface area contributed by atoms with Crippen LogP contribution in [-0.4, -0.2) is 38.2 Å². The molecule has 0 radical (unpaired) electrons. The van der Waals surface area contributed by atoms with Gasteiger partial charge in [0.2, 0.25) is 5.95 Å². The van der Waals surface area contributed by atoms with Crippen LogP contribution in [0.3, 0.4) is 0 Å². The number of anilines is 1. The van der Waals surface area contributed by atoms with E-state index in [1.165, 1.54) is 6.33 Å². The monoisotopic (exact) mass is 219 g/mol. The molecule has 0 aliphatic carbocycles. The van der Waals surface area contributed by atoms with Crippen LogP contribution >= 0.6 is 0 Å². The minimum Gasteiger partial charge on any atom is -0.392 e. The Morgan fingerprint density at radius 2 is 2.50 bits per heavy atom. The molecule has 0 spiro atoms. The molecular weight excluding hydrogens is 206 g/mol. The molecule has 2 aromatic rings. The van der Waals surface area contributed by atoms with Gasteiger partial charge in [-0.25, -0.2) is 9.97 Å². The number of nitrogens with zero attached hydrogens (tertiary/aromatic N) is 3. The van der Waals surface area contributed by atoms with Gasteiger partial charge in [0.1, 0.15) is 11.8 Å². The highest BCUT2D eigenvalue weighted by molar-refractivity contribution is 5.71. The molecule has 0 unspecified atom stereocenters. The van der Waals surface area contributed by atoms with Gasteiger partial charge in [0.25, 0.3) is 0 Å². The minimum atomic E-state index is 0.0767. The van der Waals surface area contributed by atoms with Gasteiger partial charge in [-0.05, 0) is 6.92 Å². The predicted molar refractivity (Wildman–Crippen MR) is 61.0 cm³/mol. The molecule has 2 rings (SSSR count). The first-order valence-corrected chi connectivity index (χ1v) is 4.95. The zero-order valence-electron chi connectivity index (χ0n) is 8.94. The molecule has 6 heteroatoms. The van der Waals surface area contributed by atoms with Crippen molar-refractivity contribution in [2.75, 3.05) is 18.5 Å². The third kappa shape index (κ3) is 2.34. The SMILES string of the molecule is CC(=CCNc1nc2ncncc2[nH]1)CO. The van der Waals surface area contributed by atoms with Gasteiger partial charge < -0.3 is 15.4 Å². The summed E-state index contributed by atoms with van der Waals surface area (Å²) in [5.41, 5.74) is 2.36. The molecule has 16 heavy (non-hydrogen) atoms. The summed E-state index contributed by atoms with van der Waals surface area (Å²) in [6, 6.07) is 0. The van der Waals surface area contributed by atoms with Crippen LogP contribution in [0.1, 0.15) is 6.92 Å². The number of H-pyrrole nitrogens is 1. The maximum Gasteiger partial charge on any atom is 0.203 e. The Hall–Kier alpha value is -1.95. The van der Waals surface area contributed by atoms with Gasteiger partial charge in [-0.3, -0.25) is 0 Å². The smallest absolute Gasteiger partial charge is 0.203 e. The highest BCUT2D eigenvalue weighted by Crippen LogP contribution is 2.09. The van der Waals surface area contributed by atoms with Crippen molar-refractivity contribution in [3.63, 3.8) is 0 Å². The Kier molecular flexibility index (Phi) is 3.11. The van der Waals surface area contributed by atoms with E-state index in [1.807, 2.05) is 13.0 Å². The quantitative estimate of drug-likeness (QED) is 0.659. The molecule has 0 aromatic carbocycles. The van der Waals surface area contributed by atoms with E-state index in [0.29, 0.717) is 18.1 Å². The van der Waals surface area contributed by atoms with Gasteiger partial charge >= 0.3 is 0 Å². The average molecular weight is 219 g/mol. The fourth-order valence-corrected chi connectivity index (χ4v) is 1.23. The molecule has 6 nitrogen and oxygen atoms in total. The summed E-state index contributed by atoms with van der Waals surface area (Å²) >= 11 is 0. The van der Waals surface area contributed by atoms with Crippen LogP contribution < -0.4 is 5.32 Å². The van der Waals surface area contributed by atoms with Crippen molar-refractivity contribution in [1.82, 2.24) is 19.9 Å². The Morgan fingerprint density at radius 3 is 3.25 bits per heavy atom. The maximum absolute atomic E-state index is 8.81. The van der Waals surface area contributed by atoms with Gasteiger partial charge in [0, 0.05) is 6.54 Å². The normalized spacial score (nSPS) is 12.0. The second-order valence-corrected chi connectivity index (χ2v) is 3.43. The molecule has 0 bridgehead atoms. The zero-order chi connectivity index (χ0) is 11.4. The second-order valence-electron chi connectivity index (χ2n) is 3.43. The van der Waals surface area contributed by atoms with Crippen molar-refractivity contribution >= 4 is 17.1 Å². The Morgan fingerprint density at radius 1 is 1.62 bits per heavy atom. The zero-order valence-corrected chi connectivity index (χ0v) is 8.94. The van der Waals surface area contributed by atoms with Crippen LogP contribution in [0.4, 0.5) is 5.95 Å². The summed E-state index contributed by atoms with van der Waals surface area (Å²) in [5.74, 6) is 0.650.